The first kappa shape index (κ1) is 21.9. The molecule has 3 nitrogen and oxygen atoms in total. The van der Waals surface area contributed by atoms with Gasteiger partial charge in [0.1, 0.15) is 0 Å². The molecule has 0 unspecified atom stereocenters. The minimum absolute atomic E-state index is 0.500. The van der Waals surface area contributed by atoms with Crippen molar-refractivity contribution in [3.63, 3.8) is 0 Å². The molecule has 0 atom stereocenters. The molecular weight excluding hydrogens is 249 g/mol. The molecule has 0 bridgehead atoms. The molecule has 120 valence electrons. The van der Waals surface area contributed by atoms with Crippen molar-refractivity contribution in [2.75, 3.05) is 26.2 Å². The summed E-state index contributed by atoms with van der Waals surface area (Å²) in [6.07, 6.45) is 11.1. The quantitative estimate of drug-likeness (QED) is 0.407. The number of quaternary nitrogens is 1. The van der Waals surface area contributed by atoms with E-state index in [1.54, 1.807) is 0 Å². The SMILES string of the molecule is CCCC[N+](CCCC)(CCCC)CCCC.O=B[O-]. The minimum atomic E-state index is -0.500. The standard InChI is InChI=1S/C16H36N.BO2/c1-5-9-13-17(14-10-6-2,15-11-7-3)16-12-8-4;2-1-3/h5-16H2,1-4H3;/q+1;-1. The van der Waals surface area contributed by atoms with E-state index in [9.17, 15) is 0 Å². The molecule has 0 heterocycles. The van der Waals surface area contributed by atoms with E-state index >= 15 is 0 Å². The van der Waals surface area contributed by atoms with Crippen LogP contribution in [0.5, 0.6) is 0 Å². The maximum absolute atomic E-state index is 8.25. The predicted molar refractivity (Wildman–Crippen MR) is 85.8 cm³/mol. The molecule has 0 aromatic rings. The second kappa shape index (κ2) is 16.7. The van der Waals surface area contributed by atoms with Gasteiger partial charge in [-0.2, -0.15) is 0 Å². The van der Waals surface area contributed by atoms with E-state index in [1.165, 1.54) is 82.0 Å². The van der Waals surface area contributed by atoms with Crippen LogP contribution >= 0.6 is 0 Å². The zero-order valence-electron chi connectivity index (χ0n) is 14.3. The van der Waals surface area contributed by atoms with E-state index in [-0.39, 0.29) is 0 Å². The number of unbranched alkanes of at least 4 members (excludes halogenated alkanes) is 4. The van der Waals surface area contributed by atoms with E-state index in [4.69, 9.17) is 9.73 Å². The fraction of sp³-hybridized carbons (Fsp3) is 1.00. The Kier molecular flexibility index (Phi) is 18.3. The molecule has 0 amide bonds. The Hall–Kier alpha value is -0.375. The van der Waals surface area contributed by atoms with Crippen molar-refractivity contribution in [3.8, 4) is 0 Å². The predicted octanol–water partition coefficient (Wildman–Crippen LogP) is 3.32. The van der Waals surface area contributed by atoms with Gasteiger partial charge in [-0.25, -0.2) is 0 Å². The van der Waals surface area contributed by atoms with Crippen LogP contribution in [0.4, 0.5) is 0 Å². The summed E-state index contributed by atoms with van der Waals surface area (Å²) in [4.78, 5) is 0. The van der Waals surface area contributed by atoms with Gasteiger partial charge >= 0.3 is 17.1 Å². The summed E-state index contributed by atoms with van der Waals surface area (Å²) in [6, 6.07) is 0. The number of hydrogen-bond donors (Lipinski definition) is 0. The molecule has 4 heteroatoms. The molecule has 0 rings (SSSR count). The summed E-state index contributed by atoms with van der Waals surface area (Å²) >= 11 is 0. The van der Waals surface area contributed by atoms with Crippen LogP contribution in [0, 0.1) is 0 Å². The second-order valence-corrected chi connectivity index (χ2v) is 5.75. The molecule has 0 aliphatic rings. The molecule has 0 radical (unpaired) electrons. The third-order valence-corrected chi connectivity index (χ3v) is 3.94. The fourth-order valence-corrected chi connectivity index (χ4v) is 2.64. The monoisotopic (exact) mass is 285 g/mol. The van der Waals surface area contributed by atoms with Gasteiger partial charge in [0.05, 0.1) is 26.2 Å². The van der Waals surface area contributed by atoms with Gasteiger partial charge in [-0.15, -0.1) is 0 Å². The summed E-state index contributed by atoms with van der Waals surface area (Å²) in [6.45, 7) is 15.0. The van der Waals surface area contributed by atoms with Crippen LogP contribution < -0.4 is 5.02 Å². The molecular formula is C16H36BNO2. The molecule has 0 aliphatic heterocycles. The average molecular weight is 285 g/mol. The molecule has 0 aliphatic carbocycles. The second-order valence-electron chi connectivity index (χ2n) is 5.75. The molecule has 0 N–H and O–H groups in total. The van der Waals surface area contributed by atoms with E-state index < -0.39 is 7.35 Å². The van der Waals surface area contributed by atoms with Crippen LogP contribution in [0.15, 0.2) is 0 Å². The van der Waals surface area contributed by atoms with Gasteiger partial charge in [0.15, 0.2) is 0 Å². The van der Waals surface area contributed by atoms with Crippen LogP contribution in [-0.4, -0.2) is 38.0 Å². The third kappa shape index (κ3) is 12.6. The van der Waals surface area contributed by atoms with Crippen LogP contribution in [0.25, 0.3) is 0 Å². The Morgan fingerprint density at radius 3 is 1.05 bits per heavy atom. The zero-order chi connectivity index (χ0) is 15.7. The first-order valence-corrected chi connectivity index (χ1v) is 8.56. The van der Waals surface area contributed by atoms with Crippen molar-refractivity contribution in [1.29, 1.82) is 0 Å². The Morgan fingerprint density at radius 1 is 0.700 bits per heavy atom. The van der Waals surface area contributed by atoms with Crippen molar-refractivity contribution in [3.05, 3.63) is 0 Å². The normalized spacial score (nSPS) is 10.6. The van der Waals surface area contributed by atoms with E-state index in [1.807, 2.05) is 0 Å². The molecule has 20 heavy (non-hydrogen) atoms. The van der Waals surface area contributed by atoms with Gasteiger partial charge in [0.25, 0.3) is 0 Å². The van der Waals surface area contributed by atoms with Gasteiger partial charge in [0.2, 0.25) is 0 Å². The Balaban J connectivity index is 0. The van der Waals surface area contributed by atoms with Crippen molar-refractivity contribution >= 4 is 7.35 Å². The third-order valence-electron chi connectivity index (χ3n) is 3.94. The molecule has 0 saturated heterocycles. The Labute approximate surface area is 127 Å². The summed E-state index contributed by atoms with van der Waals surface area (Å²) < 4.78 is 9.67. The van der Waals surface area contributed by atoms with Crippen LogP contribution in [0.3, 0.4) is 0 Å². The van der Waals surface area contributed by atoms with Gasteiger partial charge in [-0.1, -0.05) is 53.4 Å². The Morgan fingerprint density at radius 2 is 0.900 bits per heavy atom. The van der Waals surface area contributed by atoms with Crippen molar-refractivity contribution < 1.29 is 14.2 Å². The van der Waals surface area contributed by atoms with Crippen LogP contribution in [0.1, 0.15) is 79.1 Å². The van der Waals surface area contributed by atoms with Gasteiger partial charge in [-0.05, 0) is 25.7 Å². The zero-order valence-corrected chi connectivity index (χ0v) is 14.3. The number of hydrogen-bond acceptors (Lipinski definition) is 2. The molecule has 0 fully saturated rings. The topological polar surface area (TPSA) is 40.1 Å². The first-order valence-electron chi connectivity index (χ1n) is 8.56. The summed E-state index contributed by atoms with van der Waals surface area (Å²) in [5, 5.41) is 8.25. The number of nitrogens with zero attached hydrogens (tertiary/aromatic N) is 1. The van der Waals surface area contributed by atoms with Gasteiger partial charge in [-0.3, -0.25) is 0 Å². The average Bonchev–Trinajstić information content (AvgIpc) is 2.46. The molecule has 0 spiro atoms. The van der Waals surface area contributed by atoms with Gasteiger partial charge < -0.3 is 4.48 Å². The molecule has 0 saturated carbocycles. The van der Waals surface area contributed by atoms with E-state index in [2.05, 4.69) is 27.7 Å². The van der Waals surface area contributed by atoms with Crippen molar-refractivity contribution in [2.24, 2.45) is 0 Å². The van der Waals surface area contributed by atoms with Crippen LogP contribution in [0.2, 0.25) is 0 Å². The molecule has 0 aromatic carbocycles. The first-order chi connectivity index (χ1) is 9.66. The summed E-state index contributed by atoms with van der Waals surface area (Å²) in [5.41, 5.74) is 0. The maximum atomic E-state index is 8.25. The van der Waals surface area contributed by atoms with Crippen LogP contribution in [-0.2, 0) is 4.70 Å². The van der Waals surface area contributed by atoms with Gasteiger partial charge in [0, 0.05) is 0 Å². The molecule has 0 aromatic heterocycles. The Bertz CT molecular complexity index is 163. The fourth-order valence-electron chi connectivity index (χ4n) is 2.64. The van der Waals surface area contributed by atoms with Crippen molar-refractivity contribution in [1.82, 2.24) is 0 Å². The van der Waals surface area contributed by atoms with Crippen molar-refractivity contribution in [2.45, 2.75) is 79.1 Å². The van der Waals surface area contributed by atoms with E-state index in [0.717, 1.165) is 0 Å². The summed E-state index contributed by atoms with van der Waals surface area (Å²) in [5.74, 6) is 0. The van der Waals surface area contributed by atoms with E-state index in [0.29, 0.717) is 0 Å². The number of rotatable bonds is 12. The summed E-state index contributed by atoms with van der Waals surface area (Å²) in [7, 11) is -0.500.